The molecule has 3 heteroatoms. The fourth-order valence-electron chi connectivity index (χ4n) is 1.79. The Labute approximate surface area is 96.8 Å². The van der Waals surface area contributed by atoms with E-state index in [1.807, 2.05) is 24.3 Å². The number of ether oxygens (including phenoxy) is 2. The summed E-state index contributed by atoms with van der Waals surface area (Å²) in [6.45, 7) is 3.83. The lowest BCUT2D eigenvalue weighted by atomic mass is 10.2. The molecule has 2 heterocycles. The van der Waals surface area contributed by atoms with Crippen LogP contribution in [-0.2, 0) is 0 Å². The standard InChI is InChI=1S/C8H8O2.C5H11N/c1-2-4-8-7(3-1)9-5-6-10-8;1-2-4-6-5-3-1/h1-4H,5-6H2;6H,1-5H2. The van der Waals surface area contributed by atoms with E-state index in [1.165, 1.54) is 32.4 Å². The molecule has 1 aromatic rings. The van der Waals surface area contributed by atoms with Crippen LogP contribution in [0.25, 0.3) is 0 Å². The maximum Gasteiger partial charge on any atom is 0.161 e. The van der Waals surface area contributed by atoms with Crippen molar-refractivity contribution in [1.29, 1.82) is 0 Å². The summed E-state index contributed by atoms with van der Waals surface area (Å²) in [4.78, 5) is 0. The Balaban J connectivity index is 0.000000138. The van der Waals surface area contributed by atoms with Gasteiger partial charge < -0.3 is 14.8 Å². The second kappa shape index (κ2) is 6.38. The number of hydrogen-bond acceptors (Lipinski definition) is 3. The maximum absolute atomic E-state index is 5.30. The summed E-state index contributed by atoms with van der Waals surface area (Å²) in [7, 11) is 0. The zero-order valence-electron chi connectivity index (χ0n) is 9.58. The highest BCUT2D eigenvalue weighted by atomic mass is 16.6. The van der Waals surface area contributed by atoms with Gasteiger partial charge in [-0.05, 0) is 38.1 Å². The van der Waals surface area contributed by atoms with Crippen molar-refractivity contribution in [3.05, 3.63) is 24.3 Å². The Morgan fingerprint density at radius 2 is 1.38 bits per heavy atom. The molecule has 2 aliphatic rings. The highest BCUT2D eigenvalue weighted by Crippen LogP contribution is 2.28. The summed E-state index contributed by atoms with van der Waals surface area (Å²) in [5.41, 5.74) is 0. The molecule has 16 heavy (non-hydrogen) atoms. The molecule has 3 nitrogen and oxygen atoms in total. The Hall–Kier alpha value is -1.22. The van der Waals surface area contributed by atoms with Gasteiger partial charge in [-0.25, -0.2) is 0 Å². The molecule has 0 radical (unpaired) electrons. The minimum absolute atomic E-state index is 0.664. The Bertz CT molecular complexity index is 274. The van der Waals surface area contributed by atoms with E-state index < -0.39 is 0 Å². The van der Waals surface area contributed by atoms with E-state index in [4.69, 9.17) is 9.47 Å². The molecule has 0 spiro atoms. The van der Waals surface area contributed by atoms with Gasteiger partial charge in [0, 0.05) is 0 Å². The molecule has 0 aromatic heterocycles. The second-order valence-corrected chi connectivity index (χ2v) is 3.95. The predicted molar refractivity (Wildman–Crippen MR) is 64.2 cm³/mol. The van der Waals surface area contributed by atoms with E-state index >= 15 is 0 Å². The summed E-state index contributed by atoms with van der Waals surface area (Å²) < 4.78 is 10.6. The molecule has 0 bridgehead atoms. The summed E-state index contributed by atoms with van der Waals surface area (Å²) >= 11 is 0. The summed E-state index contributed by atoms with van der Waals surface area (Å²) in [5, 5.41) is 3.28. The average Bonchev–Trinajstić information content (AvgIpc) is 2.42. The largest absolute Gasteiger partial charge is 0.486 e. The molecule has 0 aliphatic carbocycles. The lowest BCUT2D eigenvalue weighted by Crippen LogP contribution is -2.21. The van der Waals surface area contributed by atoms with Crippen molar-refractivity contribution in [2.24, 2.45) is 0 Å². The second-order valence-electron chi connectivity index (χ2n) is 3.95. The SMILES string of the molecule is C1CCNCC1.c1ccc2c(c1)OCCO2. The monoisotopic (exact) mass is 221 g/mol. The van der Waals surface area contributed by atoms with Gasteiger partial charge in [0.15, 0.2) is 11.5 Å². The fourth-order valence-corrected chi connectivity index (χ4v) is 1.79. The third-order valence-corrected chi connectivity index (χ3v) is 2.65. The zero-order valence-corrected chi connectivity index (χ0v) is 9.58. The van der Waals surface area contributed by atoms with Gasteiger partial charge in [-0.15, -0.1) is 0 Å². The van der Waals surface area contributed by atoms with E-state index in [9.17, 15) is 0 Å². The lowest BCUT2D eigenvalue weighted by molar-refractivity contribution is 0.171. The number of rotatable bonds is 0. The van der Waals surface area contributed by atoms with E-state index in [2.05, 4.69) is 5.32 Å². The third kappa shape index (κ3) is 3.42. The molecule has 1 fully saturated rings. The average molecular weight is 221 g/mol. The first-order valence-electron chi connectivity index (χ1n) is 6.02. The Kier molecular flexibility index (Phi) is 4.50. The molecule has 1 saturated heterocycles. The van der Waals surface area contributed by atoms with Crippen LogP contribution >= 0.6 is 0 Å². The van der Waals surface area contributed by atoms with Crippen molar-refractivity contribution in [1.82, 2.24) is 5.32 Å². The number of para-hydroxylation sites is 2. The van der Waals surface area contributed by atoms with Crippen LogP contribution in [0.5, 0.6) is 11.5 Å². The molecule has 2 aliphatic heterocycles. The summed E-state index contributed by atoms with van der Waals surface area (Å²) in [6.07, 6.45) is 4.22. The fraction of sp³-hybridized carbons (Fsp3) is 0.538. The maximum atomic E-state index is 5.30. The van der Waals surface area contributed by atoms with Crippen molar-refractivity contribution in [3.8, 4) is 11.5 Å². The van der Waals surface area contributed by atoms with Crippen LogP contribution in [0.3, 0.4) is 0 Å². The van der Waals surface area contributed by atoms with Crippen LogP contribution in [0, 0.1) is 0 Å². The van der Waals surface area contributed by atoms with E-state index in [0.29, 0.717) is 13.2 Å². The van der Waals surface area contributed by atoms with E-state index in [1.54, 1.807) is 0 Å². The van der Waals surface area contributed by atoms with Gasteiger partial charge in [-0.1, -0.05) is 18.6 Å². The normalized spacial score (nSPS) is 18.2. The molecule has 0 atom stereocenters. The van der Waals surface area contributed by atoms with Crippen LogP contribution in [-0.4, -0.2) is 26.3 Å². The van der Waals surface area contributed by atoms with Crippen molar-refractivity contribution in [3.63, 3.8) is 0 Å². The summed E-state index contributed by atoms with van der Waals surface area (Å²) in [6, 6.07) is 7.70. The number of piperidine rings is 1. The number of fused-ring (bicyclic) bond motifs is 1. The number of nitrogens with one attached hydrogen (secondary N) is 1. The highest BCUT2D eigenvalue weighted by molar-refractivity contribution is 5.40. The van der Waals surface area contributed by atoms with Gasteiger partial charge in [0.2, 0.25) is 0 Å². The minimum Gasteiger partial charge on any atom is -0.486 e. The van der Waals surface area contributed by atoms with Crippen LogP contribution in [0.15, 0.2) is 24.3 Å². The van der Waals surface area contributed by atoms with Gasteiger partial charge in [0.25, 0.3) is 0 Å². The Morgan fingerprint density at radius 3 is 1.75 bits per heavy atom. The topological polar surface area (TPSA) is 30.5 Å². The van der Waals surface area contributed by atoms with Gasteiger partial charge in [-0.3, -0.25) is 0 Å². The van der Waals surface area contributed by atoms with Crippen LogP contribution < -0.4 is 14.8 Å². The number of benzene rings is 1. The first-order chi connectivity index (χ1) is 7.97. The third-order valence-electron chi connectivity index (χ3n) is 2.65. The smallest absolute Gasteiger partial charge is 0.161 e. The van der Waals surface area contributed by atoms with Crippen molar-refractivity contribution in [2.45, 2.75) is 19.3 Å². The zero-order chi connectivity index (χ0) is 11.1. The molecular weight excluding hydrogens is 202 g/mol. The van der Waals surface area contributed by atoms with Crippen molar-refractivity contribution < 1.29 is 9.47 Å². The van der Waals surface area contributed by atoms with Gasteiger partial charge in [0.05, 0.1) is 0 Å². The van der Waals surface area contributed by atoms with Gasteiger partial charge >= 0.3 is 0 Å². The molecule has 0 saturated carbocycles. The van der Waals surface area contributed by atoms with Crippen LogP contribution in [0.4, 0.5) is 0 Å². The molecule has 1 aromatic carbocycles. The number of hydrogen-bond donors (Lipinski definition) is 1. The van der Waals surface area contributed by atoms with E-state index in [-0.39, 0.29) is 0 Å². The molecule has 0 unspecified atom stereocenters. The molecule has 0 amide bonds. The molecule has 88 valence electrons. The van der Waals surface area contributed by atoms with Gasteiger partial charge in [0.1, 0.15) is 13.2 Å². The molecule has 3 rings (SSSR count). The first-order valence-corrected chi connectivity index (χ1v) is 6.02. The lowest BCUT2D eigenvalue weighted by Gasteiger charge is -2.17. The first kappa shape index (κ1) is 11.3. The van der Waals surface area contributed by atoms with Crippen molar-refractivity contribution >= 4 is 0 Å². The summed E-state index contributed by atoms with van der Waals surface area (Å²) in [5.74, 6) is 1.71. The highest BCUT2D eigenvalue weighted by Gasteiger charge is 2.07. The van der Waals surface area contributed by atoms with Crippen LogP contribution in [0.2, 0.25) is 0 Å². The minimum atomic E-state index is 0.664. The van der Waals surface area contributed by atoms with Crippen LogP contribution in [0.1, 0.15) is 19.3 Å². The van der Waals surface area contributed by atoms with Gasteiger partial charge in [-0.2, -0.15) is 0 Å². The van der Waals surface area contributed by atoms with Crippen molar-refractivity contribution in [2.75, 3.05) is 26.3 Å². The quantitative estimate of drug-likeness (QED) is 0.728. The predicted octanol–water partition coefficient (Wildman–Crippen LogP) is 2.22. The van der Waals surface area contributed by atoms with E-state index in [0.717, 1.165) is 11.5 Å². The molecule has 1 N–H and O–H groups in total. The molecular formula is C13H19NO2. The Morgan fingerprint density at radius 1 is 0.812 bits per heavy atom.